The highest BCUT2D eigenvalue weighted by molar-refractivity contribution is 5.88. The summed E-state index contributed by atoms with van der Waals surface area (Å²) in [6, 6.07) is 5.70. The highest BCUT2D eigenvalue weighted by Crippen LogP contribution is 2.38. The van der Waals surface area contributed by atoms with E-state index in [4.69, 9.17) is 4.99 Å². The Kier molecular flexibility index (Phi) is 6.44. The van der Waals surface area contributed by atoms with Crippen molar-refractivity contribution < 1.29 is 9.90 Å². The molecule has 0 saturated heterocycles. The van der Waals surface area contributed by atoms with Gasteiger partial charge in [0.25, 0.3) is 0 Å². The number of phenols is 1. The highest BCUT2D eigenvalue weighted by Gasteiger charge is 2.35. The number of aromatic nitrogens is 2. The number of nitrogens with zero attached hydrogens (tertiary/aromatic N) is 4. The number of aliphatic imine (C=N–C) groups is 1. The van der Waals surface area contributed by atoms with Gasteiger partial charge in [0.15, 0.2) is 0 Å². The van der Waals surface area contributed by atoms with E-state index in [0.29, 0.717) is 24.8 Å². The molecule has 0 fully saturated rings. The Hall–Kier alpha value is -2.63. The molecule has 1 N–H and O–H groups in total. The summed E-state index contributed by atoms with van der Waals surface area (Å²) in [5.74, 6) is 0.729. The van der Waals surface area contributed by atoms with Gasteiger partial charge in [-0.15, -0.1) is 0 Å². The Morgan fingerprint density at radius 1 is 1.29 bits per heavy atom. The number of amides is 1. The highest BCUT2D eigenvalue weighted by atomic mass is 16.3. The molecule has 6 heteroatoms. The van der Waals surface area contributed by atoms with Crippen molar-refractivity contribution in [2.75, 3.05) is 6.54 Å². The Bertz CT molecular complexity index is 962. The Morgan fingerprint density at radius 2 is 2.13 bits per heavy atom. The Balaban J connectivity index is 1.63. The fourth-order valence-electron chi connectivity index (χ4n) is 4.96. The van der Waals surface area contributed by atoms with E-state index in [-0.39, 0.29) is 17.9 Å². The zero-order valence-electron chi connectivity index (χ0n) is 18.9. The van der Waals surface area contributed by atoms with E-state index >= 15 is 0 Å². The molecule has 1 amide bonds. The van der Waals surface area contributed by atoms with Gasteiger partial charge in [-0.1, -0.05) is 26.0 Å². The standard InChI is InChI=1S/C25H34N4O2/c1-4-28-15-18(13-27-28)16-29(19-11-12-23(17(2)3)26-14-19)25(31)22-9-5-8-21-20(22)7-6-10-24(21)30/h6-7,10,13,15,17,19,22,30H,4-5,8-9,11-12,14,16H2,1-3H3/t19?,22-/m0/s1. The number of hydrogen-bond donors (Lipinski definition) is 1. The topological polar surface area (TPSA) is 70.7 Å². The maximum absolute atomic E-state index is 13.9. The first-order chi connectivity index (χ1) is 15.0. The minimum atomic E-state index is -0.201. The van der Waals surface area contributed by atoms with Crippen LogP contribution in [0.1, 0.15) is 69.1 Å². The molecule has 1 aliphatic carbocycles. The largest absolute Gasteiger partial charge is 0.508 e. The third-order valence-corrected chi connectivity index (χ3v) is 6.77. The third-order valence-electron chi connectivity index (χ3n) is 6.77. The third kappa shape index (κ3) is 4.53. The van der Waals surface area contributed by atoms with Gasteiger partial charge >= 0.3 is 0 Å². The van der Waals surface area contributed by atoms with Crippen LogP contribution in [0, 0.1) is 5.92 Å². The molecule has 0 bridgehead atoms. The Labute approximate surface area is 185 Å². The van der Waals surface area contributed by atoms with Gasteiger partial charge < -0.3 is 10.0 Å². The molecule has 4 rings (SSSR count). The fourth-order valence-corrected chi connectivity index (χ4v) is 4.96. The number of benzene rings is 1. The minimum absolute atomic E-state index is 0.0997. The van der Waals surface area contributed by atoms with E-state index in [2.05, 4.69) is 25.9 Å². The molecule has 6 nitrogen and oxygen atoms in total. The van der Waals surface area contributed by atoms with Crippen LogP contribution >= 0.6 is 0 Å². The lowest BCUT2D eigenvalue weighted by molar-refractivity contribution is -0.136. The molecule has 1 unspecified atom stereocenters. The summed E-state index contributed by atoms with van der Waals surface area (Å²) in [7, 11) is 0. The fraction of sp³-hybridized carbons (Fsp3) is 0.560. The first-order valence-electron chi connectivity index (χ1n) is 11.6. The van der Waals surface area contributed by atoms with Crippen molar-refractivity contribution in [2.24, 2.45) is 10.9 Å². The van der Waals surface area contributed by atoms with Crippen LogP contribution in [0.15, 0.2) is 35.6 Å². The summed E-state index contributed by atoms with van der Waals surface area (Å²) in [6.07, 6.45) is 8.38. The predicted molar refractivity (Wildman–Crippen MR) is 122 cm³/mol. The molecule has 2 aromatic rings. The average molecular weight is 423 g/mol. The van der Waals surface area contributed by atoms with Gasteiger partial charge in [-0.25, -0.2) is 0 Å². The minimum Gasteiger partial charge on any atom is -0.508 e. The molecular weight excluding hydrogens is 388 g/mol. The average Bonchev–Trinajstić information content (AvgIpc) is 3.25. The zero-order chi connectivity index (χ0) is 22.0. The molecule has 2 atom stereocenters. The molecule has 2 heterocycles. The van der Waals surface area contributed by atoms with Gasteiger partial charge in [0.05, 0.1) is 24.7 Å². The second kappa shape index (κ2) is 9.25. The number of hydrogen-bond acceptors (Lipinski definition) is 4. The number of carbonyl (C=O) groups excluding carboxylic acids is 1. The summed E-state index contributed by atoms with van der Waals surface area (Å²) in [6.45, 7) is 8.48. The lowest BCUT2D eigenvalue weighted by atomic mass is 9.81. The van der Waals surface area contributed by atoms with Gasteiger partial charge in [-0.3, -0.25) is 14.5 Å². The number of aromatic hydroxyl groups is 1. The number of carbonyl (C=O) groups is 1. The van der Waals surface area contributed by atoms with Crippen LogP contribution in [-0.4, -0.2) is 44.0 Å². The molecule has 1 aromatic carbocycles. The van der Waals surface area contributed by atoms with Gasteiger partial charge in [0, 0.05) is 30.6 Å². The Morgan fingerprint density at radius 3 is 2.81 bits per heavy atom. The summed E-state index contributed by atoms with van der Waals surface area (Å²) in [5, 5.41) is 14.7. The monoisotopic (exact) mass is 422 g/mol. The molecule has 31 heavy (non-hydrogen) atoms. The lowest BCUT2D eigenvalue weighted by Crippen LogP contribution is -2.46. The first-order valence-corrected chi connectivity index (χ1v) is 11.6. The van der Waals surface area contributed by atoms with E-state index in [1.165, 1.54) is 5.71 Å². The molecular formula is C25H34N4O2. The lowest BCUT2D eigenvalue weighted by Gasteiger charge is -2.37. The smallest absolute Gasteiger partial charge is 0.230 e. The van der Waals surface area contributed by atoms with E-state index in [1.807, 2.05) is 34.1 Å². The maximum Gasteiger partial charge on any atom is 0.230 e. The molecule has 0 radical (unpaired) electrons. The predicted octanol–water partition coefficient (Wildman–Crippen LogP) is 4.32. The van der Waals surface area contributed by atoms with Crippen LogP contribution in [0.2, 0.25) is 0 Å². The van der Waals surface area contributed by atoms with E-state index in [1.54, 1.807) is 6.07 Å². The van der Waals surface area contributed by atoms with Crippen molar-refractivity contribution in [3.63, 3.8) is 0 Å². The number of fused-ring (bicyclic) bond motifs is 1. The second-order valence-electron chi connectivity index (χ2n) is 9.14. The normalized spacial score (nSPS) is 21.0. The van der Waals surface area contributed by atoms with Crippen molar-refractivity contribution in [2.45, 2.75) is 77.9 Å². The van der Waals surface area contributed by atoms with Crippen molar-refractivity contribution in [3.05, 3.63) is 47.3 Å². The summed E-state index contributed by atoms with van der Waals surface area (Å²) in [5.41, 5.74) is 4.25. The van der Waals surface area contributed by atoms with Crippen molar-refractivity contribution in [1.29, 1.82) is 0 Å². The van der Waals surface area contributed by atoms with Gasteiger partial charge in [-0.2, -0.15) is 5.10 Å². The van der Waals surface area contributed by atoms with Crippen LogP contribution < -0.4 is 0 Å². The van der Waals surface area contributed by atoms with E-state index < -0.39 is 0 Å². The molecule has 0 saturated carbocycles. The van der Waals surface area contributed by atoms with Crippen LogP contribution in [0.4, 0.5) is 0 Å². The van der Waals surface area contributed by atoms with E-state index in [0.717, 1.165) is 55.3 Å². The summed E-state index contributed by atoms with van der Waals surface area (Å²) < 4.78 is 1.90. The van der Waals surface area contributed by atoms with Crippen LogP contribution in [0.5, 0.6) is 5.75 Å². The first kappa shape index (κ1) is 21.6. The number of rotatable bonds is 6. The van der Waals surface area contributed by atoms with Gasteiger partial charge in [0.1, 0.15) is 5.75 Å². The molecule has 2 aliphatic rings. The van der Waals surface area contributed by atoms with Crippen molar-refractivity contribution in [1.82, 2.24) is 14.7 Å². The SMILES string of the molecule is CCn1cc(CN(C(=O)[C@H]2CCCc3c(O)cccc32)C2CCC(C(C)C)=NC2)cn1. The van der Waals surface area contributed by atoms with Crippen LogP contribution in [0.25, 0.3) is 0 Å². The second-order valence-corrected chi connectivity index (χ2v) is 9.14. The van der Waals surface area contributed by atoms with E-state index in [9.17, 15) is 9.90 Å². The van der Waals surface area contributed by atoms with Crippen LogP contribution in [-0.2, 0) is 24.3 Å². The molecule has 166 valence electrons. The van der Waals surface area contributed by atoms with Gasteiger partial charge in [0.2, 0.25) is 5.91 Å². The quantitative estimate of drug-likeness (QED) is 0.754. The van der Waals surface area contributed by atoms with Crippen molar-refractivity contribution >= 4 is 11.6 Å². The maximum atomic E-state index is 13.9. The van der Waals surface area contributed by atoms with Gasteiger partial charge in [-0.05, 0) is 62.1 Å². The summed E-state index contributed by atoms with van der Waals surface area (Å²) >= 11 is 0. The number of phenolic OH excluding ortho intramolecular Hbond substituents is 1. The molecule has 0 spiro atoms. The zero-order valence-corrected chi connectivity index (χ0v) is 18.9. The number of aryl methyl sites for hydroxylation is 1. The molecule has 1 aromatic heterocycles. The van der Waals surface area contributed by atoms with Crippen molar-refractivity contribution in [3.8, 4) is 5.75 Å². The van der Waals surface area contributed by atoms with Crippen LogP contribution in [0.3, 0.4) is 0 Å². The summed E-state index contributed by atoms with van der Waals surface area (Å²) in [4.78, 5) is 20.8. The molecule has 1 aliphatic heterocycles.